The van der Waals surface area contributed by atoms with E-state index in [9.17, 15) is 44.3 Å². The largest absolute Gasteiger partial charge is 0.488 e. The van der Waals surface area contributed by atoms with E-state index in [0.717, 1.165) is 18.2 Å². The quantitative estimate of drug-likeness (QED) is 0.101. The molecule has 0 aliphatic carbocycles. The van der Waals surface area contributed by atoms with E-state index in [-0.39, 0.29) is 36.7 Å². The van der Waals surface area contributed by atoms with Gasteiger partial charge in [0.2, 0.25) is 0 Å². The molecule has 0 fully saturated rings. The lowest BCUT2D eigenvalue weighted by molar-refractivity contribution is -0.253. The second kappa shape index (κ2) is 23.2. The maximum absolute atomic E-state index is 13.7. The van der Waals surface area contributed by atoms with Crippen LogP contribution in [0.4, 0.5) is 39.5 Å². The highest BCUT2D eigenvalue weighted by atomic mass is 19.4. The summed E-state index contributed by atoms with van der Waals surface area (Å²) < 4.78 is 121. The molecule has 0 heterocycles. The van der Waals surface area contributed by atoms with Gasteiger partial charge < -0.3 is 20.0 Å². The van der Waals surface area contributed by atoms with Crippen LogP contribution in [0.1, 0.15) is 49.8 Å². The van der Waals surface area contributed by atoms with Gasteiger partial charge in [0, 0.05) is 18.9 Å². The summed E-state index contributed by atoms with van der Waals surface area (Å²) >= 11 is 0. The molecule has 46 heavy (non-hydrogen) atoms. The van der Waals surface area contributed by atoms with Crippen molar-refractivity contribution in [3.05, 3.63) is 95.1 Å². The summed E-state index contributed by atoms with van der Waals surface area (Å²) in [6, 6.07) is 16.9. The number of hydrogen-bond acceptors (Lipinski definition) is 4. The minimum atomic E-state index is -4.74. The Bertz CT molecular complexity index is 1270. The second-order valence-electron chi connectivity index (χ2n) is 9.20. The number of unbranched alkanes of at least 4 members (excludes halogenated alkanes) is 1. The van der Waals surface area contributed by atoms with E-state index in [1.807, 2.05) is 18.2 Å². The van der Waals surface area contributed by atoms with Gasteiger partial charge in [0.1, 0.15) is 17.9 Å². The number of aldehydes is 1. The molecule has 13 heteroatoms. The van der Waals surface area contributed by atoms with E-state index < -0.39 is 42.5 Å². The molecule has 2 N–H and O–H groups in total. The Kier molecular flexibility index (Phi) is 22.2. The standard InChI is InChI=1S/C18H16F6O2.C7H8.C5H7F3O.C2H2.CH5N/c1-10(2)25-16-8-11(3-4-15(16)20)5-12-6-13(19)9-14(7-12)26-18(23,24)17(21)22;1-7-5-3-2-4-6-7;6-5(7,8)3-1-2-4-9;2*1-2/h3-4,6-10,17H,5H2,1-2H3;2-6H,1H3;4H,1-3H2;1-2H;2H2,1H3. The molecule has 0 aromatic heterocycles. The summed E-state index contributed by atoms with van der Waals surface area (Å²) in [6.07, 6.45) is -5.59. The molecule has 0 aliphatic rings. The van der Waals surface area contributed by atoms with E-state index >= 15 is 0 Å². The Labute approximate surface area is 263 Å². The molecular weight excluding hydrogens is 629 g/mol. The van der Waals surface area contributed by atoms with Crippen LogP contribution >= 0.6 is 0 Å². The Morgan fingerprint density at radius 2 is 1.46 bits per heavy atom. The first-order valence-electron chi connectivity index (χ1n) is 13.5. The predicted molar refractivity (Wildman–Crippen MR) is 160 cm³/mol. The number of aryl methyl sites for hydroxylation is 1. The van der Waals surface area contributed by atoms with Gasteiger partial charge in [0.15, 0.2) is 11.6 Å². The zero-order valence-electron chi connectivity index (χ0n) is 25.8. The Morgan fingerprint density at radius 3 is 1.91 bits per heavy atom. The van der Waals surface area contributed by atoms with Crippen LogP contribution in [-0.4, -0.2) is 38.1 Å². The second-order valence-corrected chi connectivity index (χ2v) is 9.20. The van der Waals surface area contributed by atoms with Crippen molar-refractivity contribution in [2.75, 3.05) is 7.05 Å². The summed E-state index contributed by atoms with van der Waals surface area (Å²) in [5, 5.41) is 0. The monoisotopic (exact) mass is 667 g/mol. The van der Waals surface area contributed by atoms with E-state index in [4.69, 9.17) is 4.74 Å². The molecule has 0 saturated carbocycles. The van der Waals surface area contributed by atoms with Gasteiger partial charge in [0.25, 0.3) is 0 Å². The topological polar surface area (TPSA) is 61.6 Å². The molecule has 3 rings (SSSR count). The molecule has 0 aliphatic heterocycles. The van der Waals surface area contributed by atoms with Crippen LogP contribution in [-0.2, 0) is 11.2 Å². The third kappa shape index (κ3) is 20.7. The van der Waals surface area contributed by atoms with E-state index in [0.29, 0.717) is 17.9 Å². The maximum atomic E-state index is 13.7. The van der Waals surface area contributed by atoms with Gasteiger partial charge in [-0.1, -0.05) is 42.0 Å². The summed E-state index contributed by atoms with van der Waals surface area (Å²) in [5.74, 6) is -2.24. The maximum Gasteiger partial charge on any atom is 0.461 e. The lowest BCUT2D eigenvalue weighted by atomic mass is 10.0. The normalized spacial score (nSPS) is 10.5. The van der Waals surface area contributed by atoms with Crippen LogP contribution in [0.3, 0.4) is 0 Å². The number of nitrogens with two attached hydrogens (primary N) is 1. The number of alkyl halides is 7. The summed E-state index contributed by atoms with van der Waals surface area (Å²) in [4.78, 5) is 9.52. The van der Waals surface area contributed by atoms with Gasteiger partial charge >= 0.3 is 18.7 Å². The summed E-state index contributed by atoms with van der Waals surface area (Å²) in [6.45, 7) is 5.51. The number of benzene rings is 3. The minimum absolute atomic E-state index is 0.000486. The molecule has 4 nitrogen and oxygen atoms in total. The average Bonchev–Trinajstić information content (AvgIpc) is 2.97. The first-order valence-corrected chi connectivity index (χ1v) is 13.5. The highest BCUT2D eigenvalue weighted by Gasteiger charge is 2.44. The number of terminal acetylenes is 1. The van der Waals surface area contributed by atoms with Crippen molar-refractivity contribution in [3.63, 3.8) is 0 Å². The Morgan fingerprint density at radius 1 is 0.870 bits per heavy atom. The first kappa shape index (κ1) is 43.9. The van der Waals surface area contributed by atoms with Gasteiger partial charge in [0.05, 0.1) is 6.10 Å². The van der Waals surface area contributed by atoms with Gasteiger partial charge in [-0.3, -0.25) is 0 Å². The van der Waals surface area contributed by atoms with Crippen LogP contribution in [0.5, 0.6) is 11.5 Å². The lowest BCUT2D eigenvalue weighted by Gasteiger charge is -2.17. The van der Waals surface area contributed by atoms with E-state index in [2.05, 4.69) is 42.4 Å². The number of carbonyl (C=O) groups excluding carboxylic acids is 1. The lowest BCUT2D eigenvalue weighted by Crippen LogP contribution is -2.33. The SMILES string of the molecule is C#C.CC(C)Oc1cc(Cc2cc(F)cc(OC(F)(F)C(F)F)c2)ccc1F.CN.Cc1ccccc1.O=CCCCC(F)(F)F. The van der Waals surface area contributed by atoms with Crippen molar-refractivity contribution < 1.29 is 53.8 Å². The highest BCUT2D eigenvalue weighted by molar-refractivity contribution is 5.48. The van der Waals surface area contributed by atoms with Crippen molar-refractivity contribution in [2.45, 2.75) is 71.3 Å². The minimum Gasteiger partial charge on any atom is -0.488 e. The molecule has 0 saturated heterocycles. The number of rotatable bonds is 10. The summed E-state index contributed by atoms with van der Waals surface area (Å²) in [7, 11) is 1.50. The highest BCUT2D eigenvalue weighted by Crippen LogP contribution is 2.30. The fourth-order valence-electron chi connectivity index (χ4n) is 3.14. The molecule has 0 radical (unpaired) electrons. The molecule has 0 bridgehead atoms. The molecular formula is C33H38F9NO3. The number of halogens is 9. The molecule has 0 unspecified atom stereocenters. The van der Waals surface area contributed by atoms with Gasteiger partial charge in [-0.2, -0.15) is 30.7 Å². The fourth-order valence-corrected chi connectivity index (χ4v) is 3.14. The fraction of sp³-hybridized carbons (Fsp3) is 0.364. The average molecular weight is 668 g/mol. The molecule has 256 valence electrons. The number of ether oxygens (including phenoxy) is 2. The van der Waals surface area contributed by atoms with Crippen molar-refractivity contribution in [1.82, 2.24) is 0 Å². The molecule has 0 spiro atoms. The molecule has 3 aromatic rings. The van der Waals surface area contributed by atoms with Crippen molar-refractivity contribution in [1.29, 1.82) is 0 Å². The Hall–Kier alpha value is -4.18. The van der Waals surface area contributed by atoms with Gasteiger partial charge in [-0.25, -0.2) is 8.78 Å². The molecule has 0 amide bonds. The third-order valence-electron chi connectivity index (χ3n) is 4.93. The van der Waals surface area contributed by atoms with Crippen LogP contribution in [0.15, 0.2) is 66.7 Å². The smallest absolute Gasteiger partial charge is 0.461 e. The van der Waals surface area contributed by atoms with E-state index in [1.165, 1.54) is 24.7 Å². The zero-order valence-corrected chi connectivity index (χ0v) is 25.8. The van der Waals surface area contributed by atoms with Crippen LogP contribution in [0.2, 0.25) is 0 Å². The van der Waals surface area contributed by atoms with Crippen LogP contribution in [0.25, 0.3) is 0 Å². The molecule has 3 aromatic carbocycles. The van der Waals surface area contributed by atoms with Crippen molar-refractivity contribution in [3.8, 4) is 24.3 Å². The zero-order chi connectivity index (χ0) is 35.9. The van der Waals surface area contributed by atoms with E-state index in [1.54, 1.807) is 13.8 Å². The Balaban J connectivity index is 0. The van der Waals surface area contributed by atoms with Gasteiger partial charge in [-0.15, -0.1) is 12.8 Å². The number of carbonyl (C=O) groups is 1. The molecule has 0 atom stereocenters. The summed E-state index contributed by atoms with van der Waals surface area (Å²) in [5.41, 5.74) is 6.52. The van der Waals surface area contributed by atoms with Crippen LogP contribution in [0, 0.1) is 31.4 Å². The third-order valence-corrected chi connectivity index (χ3v) is 4.93. The predicted octanol–water partition coefficient (Wildman–Crippen LogP) is 9.32. The first-order chi connectivity index (χ1) is 21.5. The van der Waals surface area contributed by atoms with Crippen molar-refractivity contribution in [2.24, 2.45) is 5.73 Å². The number of hydrogen-bond donors (Lipinski definition) is 1. The van der Waals surface area contributed by atoms with Crippen LogP contribution < -0.4 is 15.2 Å². The van der Waals surface area contributed by atoms with Gasteiger partial charge in [-0.05, 0) is 76.1 Å². The van der Waals surface area contributed by atoms with Crippen molar-refractivity contribution >= 4 is 6.29 Å².